The van der Waals surface area contributed by atoms with Crippen LogP contribution in [0.4, 0.5) is 5.88 Å². The number of rotatable bonds is 3. The lowest BCUT2D eigenvalue weighted by Crippen LogP contribution is -2.03. The fourth-order valence-corrected chi connectivity index (χ4v) is 1.37. The molecule has 0 aromatic carbocycles. The van der Waals surface area contributed by atoms with Crippen LogP contribution in [0.5, 0.6) is 0 Å². The molecule has 1 rings (SSSR count). The van der Waals surface area contributed by atoms with E-state index in [0.29, 0.717) is 11.4 Å². The highest BCUT2D eigenvalue weighted by molar-refractivity contribution is 5.71. The number of hydrogen-bond acceptors (Lipinski definition) is 3. The van der Waals surface area contributed by atoms with Crippen molar-refractivity contribution >= 4 is 11.9 Å². The molecule has 0 amide bonds. The minimum atomic E-state index is -0.872. The molecule has 0 fully saturated rings. The van der Waals surface area contributed by atoms with E-state index in [-0.39, 0.29) is 12.3 Å². The Morgan fingerprint density at radius 2 is 2.31 bits per heavy atom. The summed E-state index contributed by atoms with van der Waals surface area (Å²) in [5, 5.41) is 8.60. The first-order chi connectivity index (χ1) is 6.02. The topological polar surface area (TPSA) is 76.5 Å². The maximum atomic E-state index is 10.5. The van der Waals surface area contributed by atoms with Crippen LogP contribution in [-0.4, -0.2) is 11.1 Å². The van der Waals surface area contributed by atoms with Gasteiger partial charge in [-0.15, -0.1) is 0 Å². The van der Waals surface area contributed by atoms with Gasteiger partial charge in [0.25, 0.3) is 0 Å². The average Bonchev–Trinajstić information content (AvgIpc) is 2.30. The maximum absolute atomic E-state index is 10.5. The second kappa shape index (κ2) is 3.51. The fourth-order valence-electron chi connectivity index (χ4n) is 1.37. The minimum Gasteiger partial charge on any atom is -0.481 e. The molecular formula is C9H13NO3. The van der Waals surface area contributed by atoms with Crippen LogP contribution in [0.1, 0.15) is 30.9 Å². The van der Waals surface area contributed by atoms with Crippen LogP contribution < -0.4 is 5.73 Å². The van der Waals surface area contributed by atoms with E-state index in [1.165, 1.54) is 6.26 Å². The molecule has 0 aliphatic carbocycles. The van der Waals surface area contributed by atoms with Crippen molar-refractivity contribution in [2.45, 2.75) is 26.2 Å². The molecule has 1 heterocycles. The molecule has 1 aromatic heterocycles. The number of furan rings is 1. The van der Waals surface area contributed by atoms with Gasteiger partial charge in [-0.1, -0.05) is 13.8 Å². The van der Waals surface area contributed by atoms with Crippen molar-refractivity contribution in [3.05, 3.63) is 17.4 Å². The standard InChI is InChI=1S/C9H13NO3/c1-5(2)8-6(3-7(11)12)4-13-9(8)10/h4-5H,3,10H2,1-2H3,(H,11,12). The molecule has 0 radical (unpaired) electrons. The molecule has 3 N–H and O–H groups in total. The minimum absolute atomic E-state index is 0.0335. The van der Waals surface area contributed by atoms with Gasteiger partial charge in [0.15, 0.2) is 5.88 Å². The molecule has 1 aromatic rings. The second-order valence-electron chi connectivity index (χ2n) is 3.26. The second-order valence-corrected chi connectivity index (χ2v) is 3.26. The summed E-state index contributed by atoms with van der Waals surface area (Å²) < 4.78 is 4.97. The van der Waals surface area contributed by atoms with Gasteiger partial charge in [-0.25, -0.2) is 0 Å². The van der Waals surface area contributed by atoms with E-state index in [4.69, 9.17) is 15.3 Å². The molecule has 4 heteroatoms. The third-order valence-electron chi connectivity index (χ3n) is 1.86. The largest absolute Gasteiger partial charge is 0.481 e. The van der Waals surface area contributed by atoms with E-state index < -0.39 is 5.97 Å². The summed E-state index contributed by atoms with van der Waals surface area (Å²) in [6, 6.07) is 0. The summed E-state index contributed by atoms with van der Waals surface area (Å²) in [4.78, 5) is 10.5. The Bertz CT molecular complexity index is 315. The highest BCUT2D eigenvalue weighted by Gasteiger charge is 2.16. The lowest BCUT2D eigenvalue weighted by atomic mass is 9.99. The van der Waals surface area contributed by atoms with Crippen LogP contribution >= 0.6 is 0 Å². The van der Waals surface area contributed by atoms with Crippen molar-refractivity contribution in [1.82, 2.24) is 0 Å². The summed E-state index contributed by atoms with van der Waals surface area (Å²) in [5.41, 5.74) is 7.03. The lowest BCUT2D eigenvalue weighted by Gasteiger charge is -2.04. The zero-order chi connectivity index (χ0) is 10.0. The quantitative estimate of drug-likeness (QED) is 0.746. The van der Waals surface area contributed by atoms with Crippen LogP contribution in [0.25, 0.3) is 0 Å². The SMILES string of the molecule is CC(C)c1c(CC(=O)O)coc1N. The zero-order valence-corrected chi connectivity index (χ0v) is 7.70. The summed E-state index contributed by atoms with van der Waals surface area (Å²) in [6.45, 7) is 3.90. The lowest BCUT2D eigenvalue weighted by molar-refractivity contribution is -0.136. The predicted molar refractivity (Wildman–Crippen MR) is 48.5 cm³/mol. The molecular weight excluding hydrogens is 170 g/mol. The molecule has 0 aliphatic heterocycles. The monoisotopic (exact) mass is 183 g/mol. The molecule has 0 saturated carbocycles. The first-order valence-electron chi connectivity index (χ1n) is 4.10. The number of carboxylic acids is 1. The van der Waals surface area contributed by atoms with Crippen molar-refractivity contribution < 1.29 is 14.3 Å². The Balaban J connectivity index is 3.00. The highest BCUT2D eigenvalue weighted by Crippen LogP contribution is 2.27. The fraction of sp³-hybridized carbons (Fsp3) is 0.444. The Morgan fingerprint density at radius 3 is 2.77 bits per heavy atom. The van der Waals surface area contributed by atoms with Crippen molar-refractivity contribution in [2.24, 2.45) is 0 Å². The molecule has 13 heavy (non-hydrogen) atoms. The van der Waals surface area contributed by atoms with E-state index in [1.807, 2.05) is 13.8 Å². The van der Waals surface area contributed by atoms with Crippen molar-refractivity contribution in [3.8, 4) is 0 Å². The summed E-state index contributed by atoms with van der Waals surface area (Å²) in [5.74, 6) is -0.359. The molecule has 0 aliphatic rings. The van der Waals surface area contributed by atoms with Gasteiger partial charge >= 0.3 is 5.97 Å². The molecule has 72 valence electrons. The van der Waals surface area contributed by atoms with E-state index in [1.54, 1.807) is 0 Å². The average molecular weight is 183 g/mol. The molecule has 0 atom stereocenters. The van der Waals surface area contributed by atoms with Crippen LogP contribution in [0.3, 0.4) is 0 Å². The Labute approximate surface area is 76.3 Å². The summed E-state index contributed by atoms with van der Waals surface area (Å²) in [7, 11) is 0. The number of carboxylic acid groups (broad SMARTS) is 1. The first-order valence-corrected chi connectivity index (χ1v) is 4.10. The third kappa shape index (κ3) is 2.02. The summed E-state index contributed by atoms with van der Waals surface area (Å²) >= 11 is 0. The third-order valence-corrected chi connectivity index (χ3v) is 1.86. The van der Waals surface area contributed by atoms with Crippen molar-refractivity contribution in [2.75, 3.05) is 5.73 Å². The van der Waals surface area contributed by atoms with Crippen molar-refractivity contribution in [3.63, 3.8) is 0 Å². The van der Waals surface area contributed by atoms with E-state index in [0.717, 1.165) is 5.56 Å². The van der Waals surface area contributed by atoms with Gasteiger partial charge in [0.05, 0.1) is 12.7 Å². The van der Waals surface area contributed by atoms with Gasteiger partial charge in [-0.05, 0) is 5.92 Å². The van der Waals surface area contributed by atoms with Crippen LogP contribution in [-0.2, 0) is 11.2 Å². The first kappa shape index (κ1) is 9.64. The van der Waals surface area contributed by atoms with Gasteiger partial charge in [0, 0.05) is 11.1 Å². The predicted octanol–water partition coefficient (Wildman–Crippen LogP) is 1.61. The number of anilines is 1. The van der Waals surface area contributed by atoms with Gasteiger partial charge < -0.3 is 15.3 Å². The smallest absolute Gasteiger partial charge is 0.307 e. The maximum Gasteiger partial charge on any atom is 0.307 e. The molecule has 0 spiro atoms. The molecule has 0 saturated heterocycles. The van der Waals surface area contributed by atoms with E-state index >= 15 is 0 Å². The van der Waals surface area contributed by atoms with Gasteiger partial charge in [0.1, 0.15) is 0 Å². The zero-order valence-electron chi connectivity index (χ0n) is 7.70. The molecule has 4 nitrogen and oxygen atoms in total. The Hall–Kier alpha value is -1.45. The number of nitrogen functional groups attached to an aromatic ring is 1. The van der Waals surface area contributed by atoms with Crippen LogP contribution in [0.15, 0.2) is 10.7 Å². The van der Waals surface area contributed by atoms with E-state index in [2.05, 4.69) is 0 Å². The van der Waals surface area contributed by atoms with Crippen LogP contribution in [0, 0.1) is 0 Å². The Morgan fingerprint density at radius 1 is 1.69 bits per heavy atom. The Kier molecular flexibility index (Phi) is 2.60. The number of nitrogens with two attached hydrogens (primary N) is 1. The highest BCUT2D eigenvalue weighted by atomic mass is 16.4. The number of aliphatic carboxylic acids is 1. The normalized spacial score (nSPS) is 10.7. The number of carbonyl (C=O) groups is 1. The van der Waals surface area contributed by atoms with E-state index in [9.17, 15) is 4.79 Å². The van der Waals surface area contributed by atoms with Crippen LogP contribution in [0.2, 0.25) is 0 Å². The number of hydrogen-bond donors (Lipinski definition) is 2. The van der Waals surface area contributed by atoms with Gasteiger partial charge in [-0.2, -0.15) is 0 Å². The molecule has 0 unspecified atom stereocenters. The van der Waals surface area contributed by atoms with Gasteiger partial charge in [0.2, 0.25) is 0 Å². The summed E-state index contributed by atoms with van der Waals surface area (Å²) in [6.07, 6.45) is 1.38. The van der Waals surface area contributed by atoms with Crippen molar-refractivity contribution in [1.29, 1.82) is 0 Å². The molecule has 0 bridgehead atoms. The van der Waals surface area contributed by atoms with Gasteiger partial charge in [-0.3, -0.25) is 4.79 Å².